The lowest BCUT2D eigenvalue weighted by molar-refractivity contribution is -0.137. The van der Waals surface area contributed by atoms with Gasteiger partial charge in [-0.15, -0.1) is 0 Å². The van der Waals surface area contributed by atoms with Gasteiger partial charge in [0.15, 0.2) is 11.5 Å². The standard InChI is InChI=1S/C24H21ClF3N3O5S/c1-15-6-9-18(10-7-15)37(34,35)31(17-8-11-20(25)19(12-17)24(26,27)28)14-22(32)30-29-13-16-4-3-5-21(36-2)23(16)33/h3-13,33H,14H2,1-2H3,(H,30,32)/b29-13-. The lowest BCUT2D eigenvalue weighted by Gasteiger charge is -2.25. The monoisotopic (exact) mass is 555 g/mol. The van der Waals surface area contributed by atoms with Gasteiger partial charge in [0.1, 0.15) is 6.54 Å². The second kappa shape index (κ2) is 11.1. The molecule has 1 amide bonds. The largest absolute Gasteiger partial charge is 0.504 e. The Morgan fingerprint density at radius 1 is 1.16 bits per heavy atom. The first-order valence-electron chi connectivity index (χ1n) is 10.5. The van der Waals surface area contributed by atoms with E-state index < -0.39 is 44.9 Å². The molecule has 196 valence electrons. The van der Waals surface area contributed by atoms with Crippen LogP contribution in [0, 0.1) is 6.92 Å². The number of amides is 1. The second-order valence-electron chi connectivity index (χ2n) is 7.68. The predicted octanol–water partition coefficient (Wildman–Crippen LogP) is 4.73. The fourth-order valence-electron chi connectivity index (χ4n) is 3.19. The molecule has 0 spiro atoms. The molecular formula is C24H21ClF3N3O5S. The molecule has 3 rings (SSSR count). The summed E-state index contributed by atoms with van der Waals surface area (Å²) in [5.41, 5.74) is 1.36. The van der Waals surface area contributed by atoms with Crippen LogP contribution in [0.15, 0.2) is 70.7 Å². The number of nitrogens with one attached hydrogen (secondary N) is 1. The molecule has 0 saturated heterocycles. The van der Waals surface area contributed by atoms with Crippen LogP contribution in [0.5, 0.6) is 11.5 Å². The number of carbonyl (C=O) groups excluding carboxylic acids is 1. The van der Waals surface area contributed by atoms with Crippen LogP contribution in [-0.4, -0.2) is 39.3 Å². The molecule has 0 heterocycles. The van der Waals surface area contributed by atoms with Gasteiger partial charge in [-0.05, 0) is 49.4 Å². The van der Waals surface area contributed by atoms with Crippen molar-refractivity contribution in [3.63, 3.8) is 0 Å². The maximum absolute atomic E-state index is 13.5. The van der Waals surface area contributed by atoms with E-state index in [4.69, 9.17) is 16.3 Å². The summed E-state index contributed by atoms with van der Waals surface area (Å²) in [7, 11) is -3.13. The predicted molar refractivity (Wildman–Crippen MR) is 133 cm³/mol. The zero-order valence-corrected chi connectivity index (χ0v) is 21.0. The number of phenolic OH excluding ortho intramolecular Hbond substituents is 1. The average Bonchev–Trinajstić information content (AvgIpc) is 2.83. The van der Waals surface area contributed by atoms with Crippen molar-refractivity contribution in [2.24, 2.45) is 5.10 Å². The Balaban J connectivity index is 1.95. The minimum absolute atomic E-state index is 0.161. The summed E-state index contributed by atoms with van der Waals surface area (Å²) in [5.74, 6) is -1.04. The molecule has 0 aliphatic heterocycles. The van der Waals surface area contributed by atoms with Crippen LogP contribution in [0.1, 0.15) is 16.7 Å². The third kappa shape index (κ3) is 6.52. The molecule has 37 heavy (non-hydrogen) atoms. The number of alkyl halides is 3. The fourth-order valence-corrected chi connectivity index (χ4v) is 4.82. The van der Waals surface area contributed by atoms with Crippen molar-refractivity contribution < 1.29 is 36.2 Å². The second-order valence-corrected chi connectivity index (χ2v) is 9.95. The lowest BCUT2D eigenvalue weighted by Crippen LogP contribution is -2.39. The third-order valence-corrected chi connectivity index (χ3v) is 7.20. The number of hydrogen-bond acceptors (Lipinski definition) is 6. The van der Waals surface area contributed by atoms with E-state index in [0.717, 1.165) is 23.9 Å². The number of rotatable bonds is 8. The van der Waals surface area contributed by atoms with E-state index in [0.29, 0.717) is 10.4 Å². The first-order chi connectivity index (χ1) is 17.3. The summed E-state index contributed by atoms with van der Waals surface area (Å²) >= 11 is 5.69. The summed E-state index contributed by atoms with van der Waals surface area (Å²) in [6.07, 6.45) is -3.77. The number of methoxy groups -OCH3 is 1. The smallest absolute Gasteiger partial charge is 0.417 e. The molecule has 0 radical (unpaired) electrons. The number of phenols is 1. The van der Waals surface area contributed by atoms with Gasteiger partial charge in [0.2, 0.25) is 0 Å². The summed E-state index contributed by atoms with van der Waals surface area (Å²) < 4.78 is 72.6. The Bertz CT molecular complexity index is 1430. The van der Waals surface area contributed by atoms with Crippen LogP contribution in [0.4, 0.5) is 18.9 Å². The summed E-state index contributed by atoms with van der Waals surface area (Å²) in [6, 6.07) is 12.6. The van der Waals surface area contributed by atoms with Gasteiger partial charge in [-0.25, -0.2) is 13.8 Å². The molecule has 13 heteroatoms. The normalized spacial score (nSPS) is 11.9. The topological polar surface area (TPSA) is 108 Å². The number of sulfonamides is 1. The van der Waals surface area contributed by atoms with Crippen LogP contribution in [0.25, 0.3) is 0 Å². The molecule has 0 atom stereocenters. The average molecular weight is 556 g/mol. The molecule has 0 fully saturated rings. The van der Waals surface area contributed by atoms with Crippen molar-refractivity contribution in [1.82, 2.24) is 5.43 Å². The Kier molecular flexibility index (Phi) is 8.34. The van der Waals surface area contributed by atoms with Crippen molar-refractivity contribution in [1.29, 1.82) is 0 Å². The molecule has 0 unspecified atom stereocenters. The van der Waals surface area contributed by atoms with E-state index >= 15 is 0 Å². The van der Waals surface area contributed by atoms with Crippen LogP contribution in [-0.2, 0) is 21.0 Å². The van der Waals surface area contributed by atoms with Gasteiger partial charge >= 0.3 is 6.18 Å². The van der Waals surface area contributed by atoms with Crippen molar-refractivity contribution in [3.05, 3.63) is 82.4 Å². The summed E-state index contributed by atoms with van der Waals surface area (Å²) in [4.78, 5) is 12.4. The molecule has 8 nitrogen and oxygen atoms in total. The van der Waals surface area contributed by atoms with Crippen LogP contribution in [0.3, 0.4) is 0 Å². The quantitative estimate of drug-likeness (QED) is 0.309. The number of aryl methyl sites for hydroxylation is 1. The Morgan fingerprint density at radius 2 is 1.84 bits per heavy atom. The van der Waals surface area contributed by atoms with Gasteiger partial charge in [-0.2, -0.15) is 18.3 Å². The van der Waals surface area contributed by atoms with Crippen molar-refractivity contribution in [3.8, 4) is 11.5 Å². The van der Waals surface area contributed by atoms with E-state index in [-0.39, 0.29) is 22.0 Å². The number of hydrazone groups is 1. The highest BCUT2D eigenvalue weighted by molar-refractivity contribution is 7.92. The van der Waals surface area contributed by atoms with Gasteiger partial charge in [0.05, 0.1) is 34.5 Å². The Hall–Kier alpha value is -3.77. The molecule has 0 bridgehead atoms. The van der Waals surface area contributed by atoms with E-state index in [9.17, 15) is 31.5 Å². The van der Waals surface area contributed by atoms with Gasteiger partial charge in [-0.1, -0.05) is 35.4 Å². The minimum atomic E-state index is -4.86. The van der Waals surface area contributed by atoms with Crippen LogP contribution < -0.4 is 14.5 Å². The summed E-state index contributed by atoms with van der Waals surface area (Å²) in [5, 5.41) is 13.2. The number of para-hydroxylation sites is 1. The lowest BCUT2D eigenvalue weighted by atomic mass is 10.2. The highest BCUT2D eigenvalue weighted by Crippen LogP contribution is 2.38. The first-order valence-corrected chi connectivity index (χ1v) is 12.3. The van der Waals surface area contributed by atoms with E-state index in [2.05, 4.69) is 10.5 Å². The highest BCUT2D eigenvalue weighted by atomic mass is 35.5. The molecule has 0 aromatic heterocycles. The van der Waals surface area contributed by atoms with Crippen molar-refractivity contribution in [2.75, 3.05) is 18.0 Å². The van der Waals surface area contributed by atoms with Gasteiger partial charge in [0, 0.05) is 5.56 Å². The molecule has 0 aliphatic rings. The maximum atomic E-state index is 13.5. The Labute approximate surface area is 216 Å². The number of carbonyl (C=O) groups is 1. The number of nitrogens with zero attached hydrogens (tertiary/aromatic N) is 2. The van der Waals surface area contributed by atoms with Gasteiger partial charge in [0.25, 0.3) is 15.9 Å². The third-order valence-electron chi connectivity index (χ3n) is 5.08. The van der Waals surface area contributed by atoms with Crippen molar-refractivity contribution in [2.45, 2.75) is 18.0 Å². The SMILES string of the molecule is COc1cccc(/C=N\NC(=O)CN(c2ccc(Cl)c(C(F)(F)F)c2)S(=O)(=O)c2ccc(C)cc2)c1O. The first kappa shape index (κ1) is 27.8. The van der Waals surface area contributed by atoms with Gasteiger partial charge < -0.3 is 9.84 Å². The molecular weight excluding hydrogens is 535 g/mol. The number of aromatic hydroxyl groups is 1. The fraction of sp³-hybridized carbons (Fsp3) is 0.167. The number of hydrogen-bond donors (Lipinski definition) is 2. The highest BCUT2D eigenvalue weighted by Gasteiger charge is 2.35. The molecule has 0 saturated carbocycles. The molecule has 2 N–H and O–H groups in total. The molecule has 3 aromatic carbocycles. The molecule has 3 aromatic rings. The number of anilines is 1. The molecule has 0 aliphatic carbocycles. The van der Waals surface area contributed by atoms with Crippen molar-refractivity contribution >= 4 is 39.4 Å². The van der Waals surface area contributed by atoms with E-state index in [1.54, 1.807) is 13.0 Å². The van der Waals surface area contributed by atoms with Crippen LogP contribution >= 0.6 is 11.6 Å². The minimum Gasteiger partial charge on any atom is -0.504 e. The number of benzene rings is 3. The maximum Gasteiger partial charge on any atom is 0.417 e. The Morgan fingerprint density at radius 3 is 2.46 bits per heavy atom. The zero-order chi connectivity index (χ0) is 27.4. The summed E-state index contributed by atoms with van der Waals surface area (Å²) in [6.45, 7) is 0.825. The number of ether oxygens (including phenoxy) is 1. The van der Waals surface area contributed by atoms with E-state index in [1.807, 2.05) is 0 Å². The van der Waals surface area contributed by atoms with Gasteiger partial charge in [-0.3, -0.25) is 9.10 Å². The zero-order valence-electron chi connectivity index (χ0n) is 19.5. The van der Waals surface area contributed by atoms with E-state index in [1.165, 1.54) is 43.5 Å². The van der Waals surface area contributed by atoms with Crippen LogP contribution in [0.2, 0.25) is 5.02 Å². The number of halogens is 4.